The van der Waals surface area contributed by atoms with Crippen molar-refractivity contribution in [3.63, 3.8) is 0 Å². The molecule has 130 valence electrons. The fraction of sp³-hybridized carbons (Fsp3) is 0.143. The molecule has 1 aromatic heterocycles. The lowest BCUT2D eigenvalue weighted by atomic mass is 9.99. The molecule has 1 N–H and O–H groups in total. The summed E-state index contributed by atoms with van der Waals surface area (Å²) >= 11 is 0. The van der Waals surface area contributed by atoms with Gasteiger partial charge in [0.25, 0.3) is 5.91 Å². The van der Waals surface area contributed by atoms with Gasteiger partial charge >= 0.3 is 0 Å². The number of carbonyl (C=O) groups excluding carboxylic acids is 1. The molecule has 0 saturated carbocycles. The maximum absolute atomic E-state index is 13.3. The summed E-state index contributed by atoms with van der Waals surface area (Å²) in [5, 5.41) is 2.82. The van der Waals surface area contributed by atoms with Crippen molar-refractivity contribution in [1.29, 1.82) is 0 Å². The van der Waals surface area contributed by atoms with Gasteiger partial charge in [0.05, 0.1) is 0 Å². The number of hydrogen-bond donors (Lipinski definition) is 1. The van der Waals surface area contributed by atoms with Gasteiger partial charge in [-0.05, 0) is 48.4 Å². The number of carbonyl (C=O) groups is 1. The minimum atomic E-state index is -0.305. The minimum Gasteiger partial charge on any atom is -0.488 e. The molecular formula is C21H17FN2O2. The zero-order chi connectivity index (χ0) is 18.1. The van der Waals surface area contributed by atoms with Gasteiger partial charge in [0.1, 0.15) is 18.2 Å². The van der Waals surface area contributed by atoms with Gasteiger partial charge in [0, 0.05) is 35.1 Å². The molecule has 4 nitrogen and oxygen atoms in total. The number of aromatic nitrogens is 1. The van der Waals surface area contributed by atoms with E-state index in [0.717, 1.165) is 27.9 Å². The van der Waals surface area contributed by atoms with Gasteiger partial charge in [0.2, 0.25) is 0 Å². The smallest absolute Gasteiger partial charge is 0.251 e. The number of fused-ring (bicyclic) bond motifs is 1. The highest BCUT2D eigenvalue weighted by Crippen LogP contribution is 2.35. The van der Waals surface area contributed by atoms with Crippen LogP contribution in [-0.4, -0.2) is 10.9 Å². The molecule has 5 heteroatoms. The van der Waals surface area contributed by atoms with E-state index in [1.807, 2.05) is 31.2 Å². The Balaban J connectivity index is 1.71. The molecule has 1 aliphatic rings. The van der Waals surface area contributed by atoms with E-state index in [2.05, 4.69) is 10.3 Å². The van der Waals surface area contributed by atoms with Crippen molar-refractivity contribution >= 4 is 5.91 Å². The highest BCUT2D eigenvalue weighted by atomic mass is 19.1. The number of aryl methyl sites for hydroxylation is 1. The van der Waals surface area contributed by atoms with Gasteiger partial charge in [-0.1, -0.05) is 18.2 Å². The molecule has 0 saturated heterocycles. The Hall–Kier alpha value is -3.21. The number of hydrogen-bond acceptors (Lipinski definition) is 3. The standard InChI is InChI=1S/C21H17FN2O2/c1-13-2-3-14(10-23-13)12-26-20-8-16-11-24-21(25)19(16)9-18(20)15-4-6-17(22)7-5-15/h2-10H,11-12H2,1H3,(H,24,25). The van der Waals surface area contributed by atoms with Crippen molar-refractivity contribution in [3.05, 3.63) is 82.9 Å². The lowest BCUT2D eigenvalue weighted by Gasteiger charge is -2.14. The molecule has 2 aromatic carbocycles. The minimum absolute atomic E-state index is 0.0994. The monoisotopic (exact) mass is 348 g/mol. The first kappa shape index (κ1) is 16.3. The van der Waals surface area contributed by atoms with Crippen LogP contribution in [0, 0.1) is 12.7 Å². The van der Waals surface area contributed by atoms with E-state index in [0.29, 0.717) is 24.5 Å². The van der Waals surface area contributed by atoms with E-state index in [-0.39, 0.29) is 11.7 Å². The molecule has 26 heavy (non-hydrogen) atoms. The van der Waals surface area contributed by atoms with Crippen molar-refractivity contribution in [3.8, 4) is 16.9 Å². The summed E-state index contributed by atoms with van der Waals surface area (Å²) in [6.45, 7) is 2.78. The fourth-order valence-electron chi connectivity index (χ4n) is 2.97. The zero-order valence-corrected chi connectivity index (χ0v) is 14.3. The normalized spacial score (nSPS) is 12.6. The average molecular weight is 348 g/mol. The number of benzene rings is 2. The second-order valence-corrected chi connectivity index (χ2v) is 6.29. The largest absolute Gasteiger partial charge is 0.488 e. The first-order valence-corrected chi connectivity index (χ1v) is 8.35. The molecule has 0 fully saturated rings. The van der Waals surface area contributed by atoms with Crippen LogP contribution in [0.3, 0.4) is 0 Å². The van der Waals surface area contributed by atoms with Crippen molar-refractivity contribution in [2.24, 2.45) is 0 Å². The van der Waals surface area contributed by atoms with Crippen LogP contribution in [0.1, 0.15) is 27.2 Å². The summed E-state index contributed by atoms with van der Waals surface area (Å²) in [5.41, 5.74) is 5.00. The van der Waals surface area contributed by atoms with Crippen LogP contribution in [0.5, 0.6) is 5.75 Å². The first-order chi connectivity index (χ1) is 12.6. The summed E-state index contributed by atoms with van der Waals surface area (Å²) in [6.07, 6.45) is 1.78. The molecule has 0 aliphatic carbocycles. The van der Waals surface area contributed by atoms with Gasteiger partial charge in [-0.3, -0.25) is 9.78 Å². The quantitative estimate of drug-likeness (QED) is 0.775. The molecule has 1 amide bonds. The van der Waals surface area contributed by atoms with E-state index < -0.39 is 0 Å². The van der Waals surface area contributed by atoms with Crippen LogP contribution in [-0.2, 0) is 13.2 Å². The molecule has 1 aliphatic heterocycles. The molecule has 0 spiro atoms. The predicted octanol–water partition coefficient (Wildman–Crippen LogP) is 4.02. The first-order valence-electron chi connectivity index (χ1n) is 8.35. The number of ether oxygens (including phenoxy) is 1. The van der Waals surface area contributed by atoms with Crippen LogP contribution < -0.4 is 10.1 Å². The van der Waals surface area contributed by atoms with E-state index in [9.17, 15) is 9.18 Å². The number of pyridine rings is 1. The average Bonchev–Trinajstić information content (AvgIpc) is 3.01. The highest BCUT2D eigenvalue weighted by Gasteiger charge is 2.22. The predicted molar refractivity (Wildman–Crippen MR) is 96.3 cm³/mol. The third-order valence-electron chi connectivity index (χ3n) is 4.41. The van der Waals surface area contributed by atoms with Crippen LogP contribution in [0.2, 0.25) is 0 Å². The summed E-state index contributed by atoms with van der Waals surface area (Å²) < 4.78 is 19.3. The number of halogens is 1. The Morgan fingerprint density at radius 1 is 1.12 bits per heavy atom. The van der Waals surface area contributed by atoms with Crippen molar-refractivity contribution in [2.75, 3.05) is 0 Å². The van der Waals surface area contributed by atoms with E-state index in [1.54, 1.807) is 18.3 Å². The Morgan fingerprint density at radius 3 is 2.65 bits per heavy atom. The highest BCUT2D eigenvalue weighted by molar-refractivity contribution is 6.00. The number of amides is 1. The molecule has 4 rings (SSSR count). The molecule has 0 unspecified atom stereocenters. The van der Waals surface area contributed by atoms with Crippen molar-refractivity contribution in [1.82, 2.24) is 10.3 Å². The summed E-state index contributed by atoms with van der Waals surface area (Å²) in [7, 11) is 0. The molecular weight excluding hydrogens is 331 g/mol. The number of rotatable bonds is 4. The van der Waals surface area contributed by atoms with E-state index in [4.69, 9.17) is 4.74 Å². The number of nitrogens with one attached hydrogen (secondary N) is 1. The van der Waals surface area contributed by atoms with Crippen LogP contribution in [0.25, 0.3) is 11.1 Å². The summed E-state index contributed by atoms with van der Waals surface area (Å²) in [5.74, 6) is 0.255. The Labute approximate surface area is 150 Å². The molecule has 0 atom stereocenters. The fourth-order valence-corrected chi connectivity index (χ4v) is 2.97. The van der Waals surface area contributed by atoms with Gasteiger partial charge in [0.15, 0.2) is 0 Å². The SMILES string of the molecule is Cc1ccc(COc2cc3c(cc2-c2ccc(F)cc2)C(=O)NC3)cn1. The summed E-state index contributed by atoms with van der Waals surface area (Å²) in [4.78, 5) is 16.3. The van der Waals surface area contributed by atoms with E-state index >= 15 is 0 Å². The van der Waals surface area contributed by atoms with Crippen molar-refractivity contribution in [2.45, 2.75) is 20.1 Å². The van der Waals surface area contributed by atoms with Crippen LogP contribution in [0.4, 0.5) is 4.39 Å². The van der Waals surface area contributed by atoms with Gasteiger partial charge in [-0.15, -0.1) is 0 Å². The van der Waals surface area contributed by atoms with Crippen LogP contribution in [0.15, 0.2) is 54.7 Å². The Bertz CT molecular complexity index is 967. The molecule has 3 aromatic rings. The third kappa shape index (κ3) is 3.16. The maximum atomic E-state index is 13.3. The molecule has 2 heterocycles. The van der Waals surface area contributed by atoms with Crippen molar-refractivity contribution < 1.29 is 13.9 Å². The Kier molecular flexibility index (Phi) is 4.13. The van der Waals surface area contributed by atoms with Crippen LogP contribution >= 0.6 is 0 Å². The Morgan fingerprint density at radius 2 is 1.92 bits per heavy atom. The lowest BCUT2D eigenvalue weighted by molar-refractivity contribution is 0.0966. The van der Waals surface area contributed by atoms with E-state index in [1.165, 1.54) is 12.1 Å². The van der Waals surface area contributed by atoms with Gasteiger partial charge in [-0.25, -0.2) is 4.39 Å². The topological polar surface area (TPSA) is 51.2 Å². The number of nitrogens with zero attached hydrogens (tertiary/aromatic N) is 1. The maximum Gasteiger partial charge on any atom is 0.251 e. The molecule has 0 bridgehead atoms. The van der Waals surface area contributed by atoms with Gasteiger partial charge in [-0.2, -0.15) is 0 Å². The molecule has 0 radical (unpaired) electrons. The second kappa shape index (κ2) is 6.59. The summed E-state index contributed by atoms with van der Waals surface area (Å²) in [6, 6.07) is 13.8. The van der Waals surface area contributed by atoms with Gasteiger partial charge < -0.3 is 10.1 Å². The zero-order valence-electron chi connectivity index (χ0n) is 14.3. The third-order valence-corrected chi connectivity index (χ3v) is 4.41. The second-order valence-electron chi connectivity index (χ2n) is 6.29. The lowest BCUT2D eigenvalue weighted by Crippen LogP contribution is -2.12.